The SMILES string of the molecule is CCCCC(C=O)(CCCC)CS(=O)(=O)c1ccccc1Cc1ccc(OC)cc1. The van der Waals surface area contributed by atoms with E-state index in [2.05, 4.69) is 13.8 Å². The van der Waals surface area contributed by atoms with Crippen molar-refractivity contribution in [2.75, 3.05) is 12.9 Å². The van der Waals surface area contributed by atoms with Crippen molar-refractivity contribution in [1.29, 1.82) is 0 Å². The number of unbranched alkanes of at least 4 members (excludes halogenated alkanes) is 2. The van der Waals surface area contributed by atoms with E-state index in [-0.39, 0.29) is 5.75 Å². The van der Waals surface area contributed by atoms with Crippen molar-refractivity contribution in [2.24, 2.45) is 5.41 Å². The van der Waals surface area contributed by atoms with Crippen molar-refractivity contribution >= 4 is 16.1 Å². The van der Waals surface area contributed by atoms with Crippen LogP contribution in [0, 0.1) is 5.41 Å². The number of rotatable bonds is 13. The Balaban J connectivity index is 2.34. The summed E-state index contributed by atoms with van der Waals surface area (Å²) in [6, 6.07) is 14.8. The minimum absolute atomic E-state index is 0.122. The number of aldehydes is 1. The molecule has 164 valence electrons. The number of hydrogen-bond donors (Lipinski definition) is 0. The first kappa shape index (κ1) is 24.1. The molecule has 0 spiro atoms. The van der Waals surface area contributed by atoms with Crippen LogP contribution in [0.2, 0.25) is 0 Å². The van der Waals surface area contributed by atoms with Gasteiger partial charge in [-0.3, -0.25) is 0 Å². The molecular formula is C25H34O4S. The molecule has 0 radical (unpaired) electrons. The van der Waals surface area contributed by atoms with Gasteiger partial charge in [0.15, 0.2) is 9.84 Å². The van der Waals surface area contributed by atoms with Crippen molar-refractivity contribution in [3.8, 4) is 5.75 Å². The van der Waals surface area contributed by atoms with Gasteiger partial charge in [0.2, 0.25) is 0 Å². The second-order valence-corrected chi connectivity index (χ2v) is 10.0. The molecule has 0 saturated heterocycles. The lowest BCUT2D eigenvalue weighted by Crippen LogP contribution is -2.32. The van der Waals surface area contributed by atoms with Gasteiger partial charge in [0.1, 0.15) is 12.0 Å². The Labute approximate surface area is 181 Å². The van der Waals surface area contributed by atoms with Crippen molar-refractivity contribution in [3.63, 3.8) is 0 Å². The number of hydrogen-bond acceptors (Lipinski definition) is 4. The average molecular weight is 431 g/mol. The molecular weight excluding hydrogens is 396 g/mol. The molecule has 2 rings (SSSR count). The maximum Gasteiger partial charge on any atom is 0.179 e. The van der Waals surface area contributed by atoms with Crippen LogP contribution in [0.5, 0.6) is 5.75 Å². The van der Waals surface area contributed by atoms with Crippen LogP contribution >= 0.6 is 0 Å². The molecule has 0 N–H and O–H groups in total. The van der Waals surface area contributed by atoms with Crippen LogP contribution in [-0.2, 0) is 21.1 Å². The van der Waals surface area contributed by atoms with Crippen LogP contribution in [0.15, 0.2) is 53.4 Å². The van der Waals surface area contributed by atoms with E-state index in [0.717, 1.165) is 48.8 Å². The molecule has 0 aliphatic rings. The average Bonchev–Trinajstić information content (AvgIpc) is 2.76. The molecule has 0 aromatic heterocycles. The second kappa shape index (κ2) is 11.3. The first-order chi connectivity index (χ1) is 14.4. The molecule has 4 nitrogen and oxygen atoms in total. The van der Waals surface area contributed by atoms with Crippen LogP contribution in [0.3, 0.4) is 0 Å². The number of carbonyl (C=O) groups is 1. The number of benzene rings is 2. The lowest BCUT2D eigenvalue weighted by molar-refractivity contribution is -0.116. The topological polar surface area (TPSA) is 60.4 Å². The molecule has 0 aliphatic heterocycles. The number of ether oxygens (including phenoxy) is 1. The lowest BCUT2D eigenvalue weighted by Gasteiger charge is -2.28. The molecule has 2 aromatic rings. The molecule has 0 unspecified atom stereocenters. The largest absolute Gasteiger partial charge is 0.497 e. The van der Waals surface area contributed by atoms with E-state index in [9.17, 15) is 13.2 Å². The highest BCUT2D eigenvalue weighted by atomic mass is 32.2. The fourth-order valence-corrected chi connectivity index (χ4v) is 5.95. The summed E-state index contributed by atoms with van der Waals surface area (Å²) in [6.45, 7) is 4.13. The summed E-state index contributed by atoms with van der Waals surface area (Å²) in [5.41, 5.74) is 0.962. The highest BCUT2D eigenvalue weighted by Crippen LogP contribution is 2.34. The summed E-state index contributed by atoms with van der Waals surface area (Å²) in [7, 11) is -1.99. The molecule has 0 atom stereocenters. The van der Waals surface area contributed by atoms with Gasteiger partial charge in [-0.2, -0.15) is 0 Å². The maximum absolute atomic E-state index is 13.5. The zero-order valence-corrected chi connectivity index (χ0v) is 19.2. The Morgan fingerprint density at radius 1 is 0.933 bits per heavy atom. The van der Waals surface area contributed by atoms with Gasteiger partial charge in [0, 0.05) is 5.41 Å². The summed E-state index contributed by atoms with van der Waals surface area (Å²) in [5.74, 6) is 0.644. The molecule has 0 bridgehead atoms. The van der Waals surface area contributed by atoms with Crippen LogP contribution < -0.4 is 4.74 Å². The highest BCUT2D eigenvalue weighted by molar-refractivity contribution is 7.91. The van der Waals surface area contributed by atoms with Gasteiger partial charge in [-0.1, -0.05) is 69.9 Å². The normalized spacial score (nSPS) is 12.0. The summed E-state index contributed by atoms with van der Waals surface area (Å²) < 4.78 is 32.1. The Hall–Kier alpha value is -2.14. The van der Waals surface area contributed by atoms with E-state index in [1.165, 1.54) is 0 Å². The Morgan fingerprint density at radius 3 is 2.07 bits per heavy atom. The van der Waals surface area contributed by atoms with E-state index >= 15 is 0 Å². The summed E-state index contributed by atoms with van der Waals surface area (Å²) in [5, 5.41) is 0. The van der Waals surface area contributed by atoms with E-state index in [1.54, 1.807) is 19.2 Å². The standard InChI is InChI=1S/C25H34O4S/c1-4-6-16-25(19-26,17-7-5-2)20-30(27,28)24-11-9-8-10-22(24)18-21-12-14-23(29-3)15-13-21/h8-15,19H,4-7,16-18,20H2,1-3H3. The monoisotopic (exact) mass is 430 g/mol. The Kier molecular flexibility index (Phi) is 9.09. The molecule has 2 aromatic carbocycles. The van der Waals surface area contributed by atoms with Gasteiger partial charge in [-0.15, -0.1) is 0 Å². The minimum Gasteiger partial charge on any atom is -0.497 e. The van der Waals surface area contributed by atoms with Crippen LogP contribution in [0.4, 0.5) is 0 Å². The quantitative estimate of drug-likeness (QED) is 0.387. The van der Waals surface area contributed by atoms with E-state index < -0.39 is 15.3 Å². The summed E-state index contributed by atoms with van der Waals surface area (Å²) in [6.07, 6.45) is 6.24. The fourth-order valence-electron chi connectivity index (χ4n) is 3.85. The molecule has 0 aliphatic carbocycles. The van der Waals surface area contributed by atoms with Gasteiger partial charge in [-0.25, -0.2) is 8.42 Å². The maximum atomic E-state index is 13.5. The van der Waals surface area contributed by atoms with Gasteiger partial charge in [0.05, 0.1) is 17.8 Å². The molecule has 30 heavy (non-hydrogen) atoms. The fraction of sp³-hybridized carbons (Fsp3) is 0.480. The molecule has 0 saturated carbocycles. The van der Waals surface area contributed by atoms with Crippen LogP contribution in [0.25, 0.3) is 0 Å². The van der Waals surface area contributed by atoms with Crippen molar-refractivity contribution in [3.05, 3.63) is 59.7 Å². The number of methoxy groups -OCH3 is 1. The van der Waals surface area contributed by atoms with Crippen LogP contribution in [-0.4, -0.2) is 27.6 Å². The van der Waals surface area contributed by atoms with Gasteiger partial charge in [0.25, 0.3) is 0 Å². The predicted molar refractivity (Wildman–Crippen MR) is 122 cm³/mol. The Bertz CT molecular complexity index is 893. The van der Waals surface area contributed by atoms with Crippen molar-refractivity contribution in [2.45, 2.75) is 63.7 Å². The lowest BCUT2D eigenvalue weighted by atomic mass is 9.81. The molecule has 0 fully saturated rings. The summed E-state index contributed by atoms with van der Waals surface area (Å²) in [4.78, 5) is 12.4. The summed E-state index contributed by atoms with van der Waals surface area (Å²) >= 11 is 0. The molecule has 5 heteroatoms. The zero-order chi connectivity index (χ0) is 22.0. The van der Waals surface area contributed by atoms with Gasteiger partial charge < -0.3 is 9.53 Å². The number of sulfone groups is 1. The molecule has 0 heterocycles. The number of carbonyl (C=O) groups excluding carboxylic acids is 1. The molecule has 0 amide bonds. The smallest absolute Gasteiger partial charge is 0.179 e. The van der Waals surface area contributed by atoms with E-state index in [4.69, 9.17) is 4.74 Å². The van der Waals surface area contributed by atoms with E-state index in [1.807, 2.05) is 36.4 Å². The third kappa shape index (κ3) is 6.43. The first-order valence-corrected chi connectivity index (χ1v) is 12.4. The zero-order valence-electron chi connectivity index (χ0n) is 18.4. The predicted octanol–water partition coefficient (Wildman–Crippen LogP) is 5.63. The third-order valence-electron chi connectivity index (χ3n) is 5.65. The van der Waals surface area contributed by atoms with Gasteiger partial charge in [-0.05, 0) is 48.6 Å². The highest BCUT2D eigenvalue weighted by Gasteiger charge is 2.35. The van der Waals surface area contributed by atoms with Crippen LogP contribution in [0.1, 0.15) is 63.5 Å². The second-order valence-electron chi connectivity index (χ2n) is 8.08. The minimum atomic E-state index is -3.61. The van der Waals surface area contributed by atoms with Crippen molar-refractivity contribution < 1.29 is 17.9 Å². The van der Waals surface area contributed by atoms with Crippen molar-refractivity contribution in [1.82, 2.24) is 0 Å². The first-order valence-electron chi connectivity index (χ1n) is 10.8. The third-order valence-corrected chi connectivity index (χ3v) is 7.67. The van der Waals surface area contributed by atoms with E-state index in [0.29, 0.717) is 24.2 Å². The van der Waals surface area contributed by atoms with Gasteiger partial charge >= 0.3 is 0 Å². The Morgan fingerprint density at radius 2 is 1.53 bits per heavy atom.